The summed E-state index contributed by atoms with van der Waals surface area (Å²) < 4.78 is 29.3. The fraction of sp³-hybridized carbons (Fsp3) is 0.394. The molecule has 0 aliphatic carbocycles. The maximum Gasteiger partial charge on any atom is 0.264 e. The summed E-state index contributed by atoms with van der Waals surface area (Å²) in [6.07, 6.45) is 1.14. The van der Waals surface area contributed by atoms with Crippen LogP contribution < -0.4 is 9.62 Å². The zero-order valence-electron chi connectivity index (χ0n) is 25.3. The van der Waals surface area contributed by atoms with Crippen molar-refractivity contribution in [3.63, 3.8) is 0 Å². The van der Waals surface area contributed by atoms with E-state index in [1.54, 1.807) is 36.4 Å². The summed E-state index contributed by atoms with van der Waals surface area (Å²) in [6, 6.07) is 18.8. The van der Waals surface area contributed by atoms with E-state index in [-0.39, 0.29) is 23.4 Å². The summed E-state index contributed by atoms with van der Waals surface area (Å²) in [5.74, 6) is -0.698. The number of sulfonamides is 1. The van der Waals surface area contributed by atoms with Crippen LogP contribution in [0.15, 0.2) is 71.6 Å². The van der Waals surface area contributed by atoms with Crippen molar-refractivity contribution in [1.29, 1.82) is 0 Å². The fourth-order valence-electron chi connectivity index (χ4n) is 4.58. The lowest BCUT2D eigenvalue weighted by atomic mass is 10.1. The maximum atomic E-state index is 14.2. The standard InChI is InChI=1S/C33H43N3O4S/c1-8-27(7)34-33(38)31(9-2)35(21-28-13-11-10-12-25(28)5)32(37)22-36(29-17-16-24(4)26(6)20-29)41(39,40)30-18-14-23(3)15-19-30/h10-20,27,31H,8-9,21-22H2,1-7H3,(H,34,38)/t27-,31+/m1/s1. The van der Waals surface area contributed by atoms with Crippen molar-refractivity contribution in [2.24, 2.45) is 0 Å². The number of nitrogens with zero attached hydrogens (tertiary/aromatic N) is 2. The highest BCUT2D eigenvalue weighted by Gasteiger charge is 2.34. The molecule has 0 aromatic heterocycles. The van der Waals surface area contributed by atoms with Crippen LogP contribution in [0.25, 0.3) is 0 Å². The summed E-state index contributed by atoms with van der Waals surface area (Å²) in [6.45, 7) is 13.2. The summed E-state index contributed by atoms with van der Waals surface area (Å²) in [4.78, 5) is 29.3. The van der Waals surface area contributed by atoms with Crippen LogP contribution in [0.5, 0.6) is 0 Å². The molecule has 0 aliphatic heterocycles. The average Bonchev–Trinajstić information content (AvgIpc) is 2.94. The lowest BCUT2D eigenvalue weighted by Crippen LogP contribution is -2.53. The first kappa shape index (κ1) is 31.9. The smallest absolute Gasteiger partial charge is 0.264 e. The number of carbonyl (C=O) groups is 2. The second kappa shape index (κ2) is 13.8. The minimum atomic E-state index is -4.10. The molecule has 0 saturated heterocycles. The van der Waals surface area contributed by atoms with E-state index in [4.69, 9.17) is 0 Å². The highest BCUT2D eigenvalue weighted by Crippen LogP contribution is 2.27. The molecule has 7 nitrogen and oxygen atoms in total. The largest absolute Gasteiger partial charge is 0.352 e. The van der Waals surface area contributed by atoms with E-state index >= 15 is 0 Å². The number of rotatable bonds is 12. The predicted molar refractivity (Wildman–Crippen MR) is 165 cm³/mol. The summed E-state index contributed by atoms with van der Waals surface area (Å²) in [5, 5.41) is 3.01. The molecule has 1 N–H and O–H groups in total. The van der Waals surface area contributed by atoms with Crippen molar-refractivity contribution in [3.8, 4) is 0 Å². The summed E-state index contributed by atoms with van der Waals surface area (Å²) in [5.41, 5.74) is 5.14. The van der Waals surface area contributed by atoms with Gasteiger partial charge in [0.15, 0.2) is 0 Å². The van der Waals surface area contributed by atoms with Gasteiger partial charge in [-0.3, -0.25) is 13.9 Å². The number of hydrogen-bond acceptors (Lipinski definition) is 4. The molecule has 0 aliphatic rings. The normalized spacial score (nSPS) is 12.9. The molecule has 3 rings (SSSR count). The van der Waals surface area contributed by atoms with Crippen LogP contribution in [0.4, 0.5) is 5.69 Å². The molecule has 41 heavy (non-hydrogen) atoms. The zero-order valence-corrected chi connectivity index (χ0v) is 26.1. The Labute approximate surface area is 245 Å². The van der Waals surface area contributed by atoms with Gasteiger partial charge >= 0.3 is 0 Å². The molecule has 0 saturated carbocycles. The van der Waals surface area contributed by atoms with Crippen molar-refractivity contribution in [2.45, 2.75) is 84.8 Å². The molecular formula is C33H43N3O4S. The van der Waals surface area contributed by atoms with E-state index in [1.165, 1.54) is 4.90 Å². The maximum absolute atomic E-state index is 14.2. The minimum absolute atomic E-state index is 0.0547. The van der Waals surface area contributed by atoms with Gasteiger partial charge in [0.25, 0.3) is 10.0 Å². The Hall–Kier alpha value is -3.65. The number of benzene rings is 3. The molecule has 0 bridgehead atoms. The van der Waals surface area contributed by atoms with Gasteiger partial charge in [0, 0.05) is 12.6 Å². The number of anilines is 1. The van der Waals surface area contributed by atoms with Crippen molar-refractivity contribution < 1.29 is 18.0 Å². The highest BCUT2D eigenvalue weighted by atomic mass is 32.2. The van der Waals surface area contributed by atoms with E-state index in [1.807, 2.05) is 78.8 Å². The highest BCUT2D eigenvalue weighted by molar-refractivity contribution is 7.92. The van der Waals surface area contributed by atoms with Crippen LogP contribution in [0.3, 0.4) is 0 Å². The second-order valence-corrected chi connectivity index (χ2v) is 12.6. The molecule has 2 amide bonds. The van der Waals surface area contributed by atoms with E-state index in [9.17, 15) is 18.0 Å². The van der Waals surface area contributed by atoms with Gasteiger partial charge in [0.2, 0.25) is 11.8 Å². The van der Waals surface area contributed by atoms with E-state index in [0.29, 0.717) is 12.1 Å². The van der Waals surface area contributed by atoms with Crippen LogP contribution in [0, 0.1) is 27.7 Å². The van der Waals surface area contributed by atoms with Crippen molar-refractivity contribution in [2.75, 3.05) is 10.8 Å². The van der Waals surface area contributed by atoms with Crippen molar-refractivity contribution >= 4 is 27.5 Å². The van der Waals surface area contributed by atoms with Crippen molar-refractivity contribution in [1.82, 2.24) is 10.2 Å². The van der Waals surface area contributed by atoms with Gasteiger partial charge in [-0.05, 0) is 94.0 Å². The second-order valence-electron chi connectivity index (χ2n) is 10.8. The monoisotopic (exact) mass is 577 g/mol. The minimum Gasteiger partial charge on any atom is -0.352 e. The third-order valence-corrected chi connectivity index (χ3v) is 9.44. The number of carbonyl (C=O) groups excluding carboxylic acids is 2. The fourth-order valence-corrected chi connectivity index (χ4v) is 5.98. The van der Waals surface area contributed by atoms with Crippen LogP contribution >= 0.6 is 0 Å². The SMILES string of the molecule is CC[C@@H](C)NC(=O)[C@H](CC)N(Cc1ccccc1C)C(=O)CN(c1ccc(C)c(C)c1)S(=O)(=O)c1ccc(C)cc1. The Morgan fingerprint density at radius 2 is 1.49 bits per heavy atom. The summed E-state index contributed by atoms with van der Waals surface area (Å²) in [7, 11) is -4.10. The molecule has 8 heteroatoms. The molecule has 0 spiro atoms. The molecule has 220 valence electrons. The van der Waals surface area contributed by atoms with Gasteiger partial charge in [-0.25, -0.2) is 8.42 Å². The van der Waals surface area contributed by atoms with Crippen LogP contribution in [0.1, 0.15) is 61.4 Å². The van der Waals surface area contributed by atoms with Crippen LogP contribution in [0.2, 0.25) is 0 Å². The number of nitrogens with one attached hydrogen (secondary N) is 1. The Morgan fingerprint density at radius 1 is 0.829 bits per heavy atom. The molecule has 3 aromatic rings. The zero-order chi connectivity index (χ0) is 30.3. The van der Waals surface area contributed by atoms with Gasteiger partial charge in [0.1, 0.15) is 12.6 Å². The Balaban J connectivity index is 2.10. The van der Waals surface area contributed by atoms with Crippen molar-refractivity contribution in [3.05, 3.63) is 94.5 Å². The van der Waals surface area contributed by atoms with Crippen LogP contribution in [-0.2, 0) is 26.2 Å². The number of aryl methyl sites for hydroxylation is 4. The van der Waals surface area contributed by atoms with E-state index in [2.05, 4.69) is 5.32 Å². The third-order valence-electron chi connectivity index (χ3n) is 7.66. The molecule has 2 atom stereocenters. The quantitative estimate of drug-likeness (QED) is 0.293. The molecule has 0 unspecified atom stereocenters. The Kier molecular flexibility index (Phi) is 10.7. The van der Waals surface area contributed by atoms with Gasteiger partial charge in [0.05, 0.1) is 10.6 Å². The Bertz CT molecular complexity index is 1470. The third kappa shape index (κ3) is 7.76. The van der Waals surface area contributed by atoms with E-state index < -0.39 is 28.5 Å². The molecule has 3 aromatic carbocycles. The molecule has 0 radical (unpaired) electrons. The van der Waals surface area contributed by atoms with E-state index in [0.717, 1.165) is 38.5 Å². The molecule has 0 fully saturated rings. The number of hydrogen-bond donors (Lipinski definition) is 1. The Morgan fingerprint density at radius 3 is 2.07 bits per heavy atom. The van der Waals surface area contributed by atoms with Crippen LogP contribution in [-0.4, -0.2) is 43.8 Å². The van der Waals surface area contributed by atoms with Gasteiger partial charge in [-0.15, -0.1) is 0 Å². The lowest BCUT2D eigenvalue weighted by Gasteiger charge is -2.34. The molecular weight excluding hydrogens is 534 g/mol. The first-order valence-electron chi connectivity index (χ1n) is 14.2. The number of amides is 2. The average molecular weight is 578 g/mol. The lowest BCUT2D eigenvalue weighted by molar-refractivity contribution is -0.140. The first-order valence-corrected chi connectivity index (χ1v) is 15.6. The summed E-state index contributed by atoms with van der Waals surface area (Å²) >= 11 is 0. The van der Waals surface area contributed by atoms with Gasteiger partial charge in [-0.2, -0.15) is 0 Å². The first-order chi connectivity index (χ1) is 19.4. The molecule has 0 heterocycles. The van der Waals surface area contributed by atoms with Gasteiger partial charge in [-0.1, -0.05) is 61.9 Å². The topological polar surface area (TPSA) is 86.8 Å². The van der Waals surface area contributed by atoms with Gasteiger partial charge < -0.3 is 10.2 Å². The predicted octanol–water partition coefficient (Wildman–Crippen LogP) is 5.84.